The highest BCUT2D eigenvalue weighted by Gasteiger charge is 2.45. The topological polar surface area (TPSA) is 60.0 Å². The third-order valence-corrected chi connectivity index (χ3v) is 6.57. The molecule has 4 rings (SSSR count). The molecule has 3 unspecified atom stereocenters. The van der Waals surface area contributed by atoms with E-state index in [0.29, 0.717) is 30.6 Å². The average Bonchev–Trinajstić information content (AvgIpc) is 3.16. The molecule has 2 saturated heterocycles. The minimum absolute atomic E-state index is 0.163. The standard InChI is InChI=1S/C22H32FN5/c1-14(2)22-26-25-15(3)27(22)20-12-18-7-8-19(13-20)28(18)21(9-10-24)16-5-4-6-17(23)11-16/h4-6,11,14,18-21H,7-10,12-13,24H2,1-3H3. The Labute approximate surface area is 167 Å². The lowest BCUT2D eigenvalue weighted by Crippen LogP contribution is -2.46. The second-order valence-electron chi connectivity index (χ2n) is 8.74. The molecule has 1 aromatic heterocycles. The Hall–Kier alpha value is -1.79. The highest BCUT2D eigenvalue weighted by Crippen LogP contribution is 2.46. The fraction of sp³-hybridized carbons (Fsp3) is 0.636. The zero-order valence-electron chi connectivity index (χ0n) is 17.2. The average molecular weight is 386 g/mol. The van der Waals surface area contributed by atoms with Crippen LogP contribution in [0.15, 0.2) is 24.3 Å². The van der Waals surface area contributed by atoms with Crippen LogP contribution in [0, 0.1) is 12.7 Å². The number of aromatic nitrogens is 3. The molecule has 152 valence electrons. The van der Waals surface area contributed by atoms with Crippen LogP contribution in [0.5, 0.6) is 0 Å². The highest BCUT2D eigenvalue weighted by atomic mass is 19.1. The van der Waals surface area contributed by atoms with Crippen molar-refractivity contribution >= 4 is 0 Å². The smallest absolute Gasteiger partial charge is 0.135 e. The highest BCUT2D eigenvalue weighted by molar-refractivity contribution is 5.22. The van der Waals surface area contributed by atoms with Gasteiger partial charge >= 0.3 is 0 Å². The summed E-state index contributed by atoms with van der Waals surface area (Å²) in [5, 5.41) is 8.81. The molecule has 28 heavy (non-hydrogen) atoms. The molecule has 2 N–H and O–H groups in total. The Morgan fingerprint density at radius 1 is 1.14 bits per heavy atom. The van der Waals surface area contributed by atoms with Crippen LogP contribution in [-0.2, 0) is 0 Å². The number of rotatable bonds is 6. The van der Waals surface area contributed by atoms with E-state index >= 15 is 0 Å². The summed E-state index contributed by atoms with van der Waals surface area (Å²) in [6, 6.07) is 8.74. The van der Waals surface area contributed by atoms with Gasteiger partial charge in [0.15, 0.2) is 0 Å². The number of nitrogens with zero attached hydrogens (tertiary/aromatic N) is 4. The Morgan fingerprint density at radius 3 is 2.46 bits per heavy atom. The first-order chi connectivity index (χ1) is 13.5. The minimum atomic E-state index is -0.163. The second kappa shape index (κ2) is 7.91. The number of hydrogen-bond donors (Lipinski definition) is 1. The van der Waals surface area contributed by atoms with Gasteiger partial charge in [0, 0.05) is 30.1 Å². The third kappa shape index (κ3) is 3.48. The second-order valence-corrected chi connectivity index (χ2v) is 8.74. The molecule has 2 fully saturated rings. The van der Waals surface area contributed by atoms with Crippen LogP contribution in [0.25, 0.3) is 0 Å². The lowest BCUT2D eigenvalue weighted by molar-refractivity contribution is 0.0567. The number of fused-ring (bicyclic) bond motifs is 2. The van der Waals surface area contributed by atoms with Crippen molar-refractivity contribution in [2.45, 2.75) is 83.0 Å². The maximum atomic E-state index is 13.9. The summed E-state index contributed by atoms with van der Waals surface area (Å²) < 4.78 is 16.3. The van der Waals surface area contributed by atoms with Crippen molar-refractivity contribution in [3.8, 4) is 0 Å². The molecule has 2 aromatic rings. The lowest BCUT2D eigenvalue weighted by Gasteiger charge is -2.44. The van der Waals surface area contributed by atoms with Crippen LogP contribution in [-0.4, -0.2) is 38.3 Å². The molecule has 0 spiro atoms. The molecule has 2 bridgehead atoms. The van der Waals surface area contributed by atoms with Crippen LogP contribution in [0.1, 0.15) is 81.2 Å². The van der Waals surface area contributed by atoms with Crippen LogP contribution in [0.3, 0.4) is 0 Å². The number of piperidine rings is 1. The van der Waals surface area contributed by atoms with Crippen molar-refractivity contribution in [3.63, 3.8) is 0 Å². The van der Waals surface area contributed by atoms with E-state index in [0.717, 1.165) is 36.5 Å². The normalized spacial score (nSPS) is 26.1. The lowest BCUT2D eigenvalue weighted by atomic mass is 9.91. The minimum Gasteiger partial charge on any atom is -0.330 e. The zero-order chi connectivity index (χ0) is 19.8. The molecule has 3 heterocycles. The van der Waals surface area contributed by atoms with E-state index in [2.05, 4.69) is 46.5 Å². The molecular formula is C22H32FN5. The summed E-state index contributed by atoms with van der Waals surface area (Å²) in [5.41, 5.74) is 7.02. The van der Waals surface area contributed by atoms with Gasteiger partial charge in [-0.15, -0.1) is 10.2 Å². The number of benzene rings is 1. The Bertz CT molecular complexity index is 803. The van der Waals surface area contributed by atoms with Crippen LogP contribution < -0.4 is 5.73 Å². The van der Waals surface area contributed by atoms with Gasteiger partial charge in [-0.1, -0.05) is 26.0 Å². The van der Waals surface area contributed by atoms with Gasteiger partial charge in [0.25, 0.3) is 0 Å². The van der Waals surface area contributed by atoms with Gasteiger partial charge in [0.1, 0.15) is 17.5 Å². The molecule has 0 amide bonds. The molecule has 6 heteroatoms. The Morgan fingerprint density at radius 2 is 1.86 bits per heavy atom. The third-order valence-electron chi connectivity index (χ3n) is 6.57. The Kier molecular flexibility index (Phi) is 5.52. The van der Waals surface area contributed by atoms with Crippen molar-refractivity contribution in [3.05, 3.63) is 47.3 Å². The van der Waals surface area contributed by atoms with Gasteiger partial charge in [-0.05, 0) is 63.3 Å². The molecule has 0 aliphatic carbocycles. The number of halogens is 1. The van der Waals surface area contributed by atoms with Gasteiger partial charge in [0.05, 0.1) is 0 Å². The predicted octanol–water partition coefficient (Wildman–Crippen LogP) is 4.11. The van der Waals surface area contributed by atoms with Gasteiger partial charge in [-0.3, -0.25) is 4.90 Å². The van der Waals surface area contributed by atoms with Gasteiger partial charge in [-0.25, -0.2) is 4.39 Å². The van der Waals surface area contributed by atoms with Crippen molar-refractivity contribution in [2.75, 3.05) is 6.54 Å². The van der Waals surface area contributed by atoms with E-state index in [-0.39, 0.29) is 11.9 Å². The van der Waals surface area contributed by atoms with Crippen molar-refractivity contribution in [2.24, 2.45) is 5.73 Å². The maximum Gasteiger partial charge on any atom is 0.135 e. The number of aryl methyl sites for hydroxylation is 1. The van der Waals surface area contributed by atoms with Crippen molar-refractivity contribution in [1.82, 2.24) is 19.7 Å². The summed E-state index contributed by atoms with van der Waals surface area (Å²) in [6.07, 6.45) is 5.48. The fourth-order valence-corrected chi connectivity index (χ4v) is 5.49. The quantitative estimate of drug-likeness (QED) is 0.813. The van der Waals surface area contributed by atoms with Gasteiger partial charge in [0.2, 0.25) is 0 Å². The summed E-state index contributed by atoms with van der Waals surface area (Å²) in [7, 11) is 0. The molecule has 3 atom stereocenters. The first kappa shape index (κ1) is 19.5. The summed E-state index contributed by atoms with van der Waals surface area (Å²) in [6.45, 7) is 7.05. The van der Waals surface area contributed by atoms with Crippen LogP contribution in [0.2, 0.25) is 0 Å². The number of nitrogens with two attached hydrogens (primary N) is 1. The Balaban J connectivity index is 1.61. The first-order valence-electron chi connectivity index (χ1n) is 10.6. The van der Waals surface area contributed by atoms with E-state index in [1.165, 1.54) is 18.9 Å². The molecule has 2 aliphatic rings. The summed E-state index contributed by atoms with van der Waals surface area (Å²) in [5.74, 6) is 2.32. The summed E-state index contributed by atoms with van der Waals surface area (Å²) in [4.78, 5) is 2.65. The van der Waals surface area contributed by atoms with Gasteiger partial charge in [-0.2, -0.15) is 0 Å². The largest absolute Gasteiger partial charge is 0.330 e. The van der Waals surface area contributed by atoms with E-state index in [1.807, 2.05) is 6.07 Å². The number of hydrogen-bond acceptors (Lipinski definition) is 4. The van der Waals surface area contributed by atoms with Crippen molar-refractivity contribution < 1.29 is 4.39 Å². The van der Waals surface area contributed by atoms with Gasteiger partial charge < -0.3 is 10.3 Å². The zero-order valence-corrected chi connectivity index (χ0v) is 17.2. The van der Waals surface area contributed by atoms with E-state index < -0.39 is 0 Å². The predicted molar refractivity (Wildman–Crippen MR) is 109 cm³/mol. The van der Waals surface area contributed by atoms with E-state index in [4.69, 9.17) is 5.73 Å². The maximum absolute atomic E-state index is 13.9. The molecular weight excluding hydrogens is 353 g/mol. The molecule has 1 aromatic carbocycles. The first-order valence-corrected chi connectivity index (χ1v) is 10.6. The molecule has 0 saturated carbocycles. The summed E-state index contributed by atoms with van der Waals surface area (Å²) >= 11 is 0. The van der Waals surface area contributed by atoms with Crippen LogP contribution >= 0.6 is 0 Å². The fourth-order valence-electron chi connectivity index (χ4n) is 5.49. The molecule has 5 nitrogen and oxygen atoms in total. The monoisotopic (exact) mass is 385 g/mol. The molecule has 2 aliphatic heterocycles. The SMILES string of the molecule is Cc1nnc(C(C)C)n1C1CC2CCC(C1)N2C(CCN)c1cccc(F)c1. The van der Waals surface area contributed by atoms with Crippen molar-refractivity contribution in [1.29, 1.82) is 0 Å². The van der Waals surface area contributed by atoms with Crippen LogP contribution in [0.4, 0.5) is 4.39 Å². The van der Waals surface area contributed by atoms with E-state index in [9.17, 15) is 4.39 Å². The van der Waals surface area contributed by atoms with E-state index in [1.54, 1.807) is 6.07 Å². The molecule has 0 radical (unpaired) electrons.